The highest BCUT2D eigenvalue weighted by atomic mass is 32.1. The summed E-state index contributed by atoms with van der Waals surface area (Å²) >= 11 is 1.13. The van der Waals surface area contributed by atoms with Crippen molar-refractivity contribution in [1.29, 1.82) is 0 Å². The molecular weight excluding hydrogens is 400 g/mol. The molecule has 0 radical (unpaired) electrons. The molecule has 0 spiro atoms. The van der Waals surface area contributed by atoms with Gasteiger partial charge in [-0.05, 0) is 25.8 Å². The van der Waals surface area contributed by atoms with Crippen molar-refractivity contribution < 1.29 is 19.1 Å². The molecule has 29 heavy (non-hydrogen) atoms. The van der Waals surface area contributed by atoms with Gasteiger partial charge >= 0.3 is 5.63 Å². The monoisotopic (exact) mass is 418 g/mol. The molecule has 12 heteroatoms. The second-order valence-corrected chi connectivity index (χ2v) is 7.50. The minimum Gasteiger partial charge on any atom is -0.488 e. The predicted octanol–water partition coefficient (Wildman–Crippen LogP) is 1.18. The lowest BCUT2D eigenvalue weighted by atomic mass is 9.89. The van der Waals surface area contributed by atoms with Crippen LogP contribution in [0.5, 0.6) is 5.75 Å². The molecule has 0 saturated heterocycles. The summed E-state index contributed by atoms with van der Waals surface area (Å²) in [5.41, 5.74) is 0.417. The third-order valence-electron chi connectivity index (χ3n) is 4.46. The first-order valence-electron chi connectivity index (χ1n) is 8.77. The van der Waals surface area contributed by atoms with Gasteiger partial charge in [0.05, 0.1) is 18.9 Å². The summed E-state index contributed by atoms with van der Waals surface area (Å²) in [6, 6.07) is 3.20. The number of hydrogen-bond acceptors (Lipinski definition) is 10. The summed E-state index contributed by atoms with van der Waals surface area (Å²) in [4.78, 5) is 24.8. The molecule has 4 rings (SSSR count). The topological polar surface area (TPSA) is 144 Å². The highest BCUT2D eigenvalue weighted by Crippen LogP contribution is 2.29. The molecule has 0 aromatic carbocycles. The molecule has 0 bridgehead atoms. The highest BCUT2D eigenvalue weighted by Gasteiger charge is 2.29. The van der Waals surface area contributed by atoms with Gasteiger partial charge in [-0.1, -0.05) is 11.3 Å². The third-order valence-corrected chi connectivity index (χ3v) is 5.27. The van der Waals surface area contributed by atoms with E-state index in [9.17, 15) is 14.7 Å². The smallest absolute Gasteiger partial charge is 0.381 e. The van der Waals surface area contributed by atoms with E-state index >= 15 is 0 Å². The Hall–Kier alpha value is -3.25. The lowest BCUT2D eigenvalue weighted by Gasteiger charge is -2.33. The van der Waals surface area contributed by atoms with E-state index in [1.54, 1.807) is 10.9 Å². The number of methoxy groups -OCH3 is 1. The van der Waals surface area contributed by atoms with Crippen LogP contribution in [-0.4, -0.2) is 50.2 Å². The van der Waals surface area contributed by atoms with Crippen molar-refractivity contribution in [3.63, 3.8) is 0 Å². The van der Waals surface area contributed by atoms with Crippen molar-refractivity contribution in [2.75, 3.05) is 17.7 Å². The fourth-order valence-electron chi connectivity index (χ4n) is 2.90. The number of rotatable bonds is 6. The summed E-state index contributed by atoms with van der Waals surface area (Å²) in [7, 11) is 1.34. The number of carbonyl (C=O) groups is 1. The summed E-state index contributed by atoms with van der Waals surface area (Å²) in [5.74, 6) is -0.887. The predicted molar refractivity (Wildman–Crippen MR) is 104 cm³/mol. The zero-order valence-electron chi connectivity index (χ0n) is 15.6. The number of hydrogen-bond donors (Lipinski definition) is 3. The van der Waals surface area contributed by atoms with Crippen LogP contribution in [0.1, 0.15) is 29.1 Å². The Morgan fingerprint density at radius 3 is 2.86 bits per heavy atom. The van der Waals surface area contributed by atoms with Gasteiger partial charge in [-0.2, -0.15) is 5.10 Å². The molecule has 1 aliphatic rings. The third kappa shape index (κ3) is 3.84. The molecule has 11 nitrogen and oxygen atoms in total. The molecule has 3 heterocycles. The Morgan fingerprint density at radius 2 is 2.21 bits per heavy atom. The molecule has 0 unspecified atom stereocenters. The average molecular weight is 418 g/mol. The van der Waals surface area contributed by atoms with E-state index < -0.39 is 11.5 Å². The maximum atomic E-state index is 12.6. The number of nitrogens with zero attached hydrogens (tertiary/aromatic N) is 4. The SMILES string of the molecule is COc1c(NC2CC(O)C2)cc(C(=O)Nc2nnc(-n3nccc3C)s2)oc1=O. The van der Waals surface area contributed by atoms with Crippen molar-refractivity contribution >= 4 is 28.1 Å². The standard InChI is InChI=1S/C17H18N6O5S/c1-8-3-4-18-23(8)17-22-21-16(29-17)20-14(25)12-7-11(13(27-2)15(26)28-12)19-9-5-10(24)6-9/h3-4,7,9-10,19,24H,5-6H2,1-2H3,(H,20,21,25). The Kier molecular flexibility index (Phi) is 5.03. The van der Waals surface area contributed by atoms with Gasteiger partial charge in [-0.25, -0.2) is 9.48 Å². The van der Waals surface area contributed by atoms with Crippen molar-refractivity contribution in [3.05, 3.63) is 40.2 Å². The Bertz CT molecular complexity index is 1100. The maximum Gasteiger partial charge on any atom is 0.381 e. The van der Waals surface area contributed by atoms with Crippen molar-refractivity contribution in [3.8, 4) is 10.9 Å². The summed E-state index contributed by atoms with van der Waals surface area (Å²) in [6.45, 7) is 1.87. The Labute approximate surface area is 168 Å². The fraction of sp³-hybridized carbons (Fsp3) is 0.353. The molecule has 152 valence electrons. The van der Waals surface area contributed by atoms with E-state index in [4.69, 9.17) is 9.15 Å². The van der Waals surface area contributed by atoms with Gasteiger partial charge in [0.2, 0.25) is 16.0 Å². The van der Waals surface area contributed by atoms with Crippen LogP contribution in [-0.2, 0) is 0 Å². The van der Waals surface area contributed by atoms with Gasteiger partial charge in [-0.3, -0.25) is 10.1 Å². The molecule has 3 aromatic heterocycles. The highest BCUT2D eigenvalue weighted by molar-refractivity contribution is 7.17. The van der Waals surface area contributed by atoms with Gasteiger partial charge in [0.25, 0.3) is 5.91 Å². The molecule has 1 amide bonds. The maximum absolute atomic E-state index is 12.6. The Morgan fingerprint density at radius 1 is 1.41 bits per heavy atom. The lowest BCUT2D eigenvalue weighted by molar-refractivity contribution is 0.0834. The largest absolute Gasteiger partial charge is 0.488 e. The van der Waals surface area contributed by atoms with E-state index in [1.807, 2.05) is 13.0 Å². The van der Waals surface area contributed by atoms with Crippen LogP contribution in [0.3, 0.4) is 0 Å². The number of anilines is 2. The normalized spacial score (nSPS) is 18.2. The quantitative estimate of drug-likeness (QED) is 0.537. The number of amides is 1. The van der Waals surface area contributed by atoms with Gasteiger partial charge in [0.15, 0.2) is 5.76 Å². The number of nitrogens with one attached hydrogen (secondary N) is 2. The van der Waals surface area contributed by atoms with Crippen LogP contribution < -0.4 is 21.0 Å². The summed E-state index contributed by atoms with van der Waals surface area (Å²) in [6.07, 6.45) is 2.36. The molecule has 1 aliphatic carbocycles. The average Bonchev–Trinajstić information content (AvgIpc) is 3.28. The minimum absolute atomic E-state index is 0.0142. The van der Waals surface area contributed by atoms with E-state index in [0.717, 1.165) is 17.0 Å². The summed E-state index contributed by atoms with van der Waals surface area (Å²) < 4.78 is 11.8. The van der Waals surface area contributed by atoms with Crippen LogP contribution >= 0.6 is 11.3 Å². The molecule has 0 atom stereocenters. The number of aliphatic hydroxyl groups excluding tert-OH is 1. The first kappa shape index (κ1) is 19.1. The van der Waals surface area contributed by atoms with E-state index in [0.29, 0.717) is 23.7 Å². The molecule has 1 fully saturated rings. The van der Waals surface area contributed by atoms with Crippen LogP contribution in [0.2, 0.25) is 0 Å². The molecular formula is C17H18N6O5S. The number of carbonyl (C=O) groups excluding carboxylic acids is 1. The zero-order chi connectivity index (χ0) is 20.5. The number of aryl methyl sites for hydroxylation is 1. The summed E-state index contributed by atoms with van der Waals surface area (Å²) in [5, 5.41) is 27.9. The van der Waals surface area contributed by atoms with Gasteiger partial charge in [0, 0.05) is 24.0 Å². The van der Waals surface area contributed by atoms with Gasteiger partial charge in [0.1, 0.15) is 0 Å². The minimum atomic E-state index is -0.785. The van der Waals surface area contributed by atoms with Crippen molar-refractivity contribution in [2.24, 2.45) is 0 Å². The molecule has 1 saturated carbocycles. The van der Waals surface area contributed by atoms with Crippen molar-refractivity contribution in [1.82, 2.24) is 20.0 Å². The number of ether oxygens (including phenoxy) is 1. The lowest BCUT2D eigenvalue weighted by Crippen LogP contribution is -2.39. The Balaban J connectivity index is 1.54. The van der Waals surface area contributed by atoms with Crippen LogP contribution in [0, 0.1) is 6.92 Å². The zero-order valence-corrected chi connectivity index (χ0v) is 16.4. The van der Waals surface area contributed by atoms with E-state index in [1.165, 1.54) is 13.2 Å². The van der Waals surface area contributed by atoms with Gasteiger partial charge < -0.3 is 19.6 Å². The van der Waals surface area contributed by atoms with Crippen molar-refractivity contribution in [2.45, 2.75) is 31.9 Å². The van der Waals surface area contributed by atoms with E-state index in [-0.39, 0.29) is 28.8 Å². The first-order valence-corrected chi connectivity index (χ1v) is 9.59. The van der Waals surface area contributed by atoms with Crippen LogP contribution in [0.4, 0.5) is 10.8 Å². The van der Waals surface area contributed by atoms with Crippen LogP contribution in [0.25, 0.3) is 5.13 Å². The van der Waals surface area contributed by atoms with Crippen LogP contribution in [0.15, 0.2) is 27.5 Å². The molecule has 3 N–H and O–H groups in total. The first-order chi connectivity index (χ1) is 13.9. The molecule has 3 aromatic rings. The van der Waals surface area contributed by atoms with Gasteiger partial charge in [-0.15, -0.1) is 10.2 Å². The second-order valence-electron chi connectivity index (χ2n) is 6.54. The number of aromatic nitrogens is 4. The van der Waals surface area contributed by atoms with E-state index in [2.05, 4.69) is 25.9 Å². The fourth-order valence-corrected chi connectivity index (χ4v) is 3.66. The molecule has 0 aliphatic heterocycles. The second kappa shape index (κ2) is 7.64. The number of aliphatic hydroxyl groups is 1.